The predicted molar refractivity (Wildman–Crippen MR) is 85.1 cm³/mol. The van der Waals surface area contributed by atoms with E-state index in [9.17, 15) is 0 Å². The SMILES string of the molecule is CC1=C[C@H](C)[C@H]([C@@H]2OC[C@@H](CN3CCCCC3)O2)[C@H](C)C1. The fraction of sp³-hybridized carbons (Fsp3) is 0.889. The Morgan fingerprint density at radius 3 is 2.67 bits per heavy atom. The summed E-state index contributed by atoms with van der Waals surface area (Å²) in [6.07, 6.45) is 7.97. The van der Waals surface area contributed by atoms with Gasteiger partial charge in [0.1, 0.15) is 0 Å². The van der Waals surface area contributed by atoms with Crippen LogP contribution in [0.5, 0.6) is 0 Å². The first-order valence-electron chi connectivity index (χ1n) is 8.80. The lowest BCUT2D eigenvalue weighted by Crippen LogP contribution is -2.39. The third-order valence-corrected chi connectivity index (χ3v) is 5.45. The second-order valence-corrected chi connectivity index (χ2v) is 7.45. The van der Waals surface area contributed by atoms with Gasteiger partial charge in [0.15, 0.2) is 6.29 Å². The smallest absolute Gasteiger partial charge is 0.161 e. The van der Waals surface area contributed by atoms with Gasteiger partial charge in [-0.2, -0.15) is 0 Å². The standard InChI is InChI=1S/C18H31NO2/c1-13-9-14(2)17(15(3)10-13)18-20-12-16(21-18)11-19-7-5-4-6-8-19/h9,14-18H,4-8,10-12H2,1-3H3/t14-,15+,16+,17-,18+/m0/s1. The Labute approximate surface area is 129 Å². The fourth-order valence-electron chi connectivity index (χ4n) is 4.50. The topological polar surface area (TPSA) is 21.7 Å². The van der Waals surface area contributed by atoms with Crippen LogP contribution >= 0.6 is 0 Å². The van der Waals surface area contributed by atoms with E-state index in [-0.39, 0.29) is 12.4 Å². The van der Waals surface area contributed by atoms with Crippen LogP contribution in [0.1, 0.15) is 46.5 Å². The molecular formula is C18H31NO2. The van der Waals surface area contributed by atoms with Crippen molar-refractivity contribution in [3.8, 4) is 0 Å². The number of allylic oxidation sites excluding steroid dienone is 2. The number of ether oxygens (including phenoxy) is 2. The quantitative estimate of drug-likeness (QED) is 0.744. The van der Waals surface area contributed by atoms with Crippen LogP contribution in [0.4, 0.5) is 0 Å². The molecule has 3 heteroatoms. The zero-order valence-corrected chi connectivity index (χ0v) is 13.9. The highest BCUT2D eigenvalue weighted by Crippen LogP contribution is 2.39. The summed E-state index contributed by atoms with van der Waals surface area (Å²) in [7, 11) is 0. The molecule has 2 saturated heterocycles. The van der Waals surface area contributed by atoms with Gasteiger partial charge in [-0.3, -0.25) is 0 Å². The molecule has 0 amide bonds. The van der Waals surface area contributed by atoms with Crippen molar-refractivity contribution in [1.82, 2.24) is 4.90 Å². The van der Waals surface area contributed by atoms with Crippen LogP contribution in [0.15, 0.2) is 11.6 Å². The summed E-state index contributed by atoms with van der Waals surface area (Å²) in [6.45, 7) is 11.2. The molecule has 21 heavy (non-hydrogen) atoms. The zero-order valence-electron chi connectivity index (χ0n) is 13.9. The average molecular weight is 293 g/mol. The molecule has 0 aromatic heterocycles. The monoisotopic (exact) mass is 293 g/mol. The van der Waals surface area contributed by atoms with Crippen molar-refractivity contribution in [3.63, 3.8) is 0 Å². The van der Waals surface area contributed by atoms with E-state index in [4.69, 9.17) is 9.47 Å². The Morgan fingerprint density at radius 2 is 1.95 bits per heavy atom. The summed E-state index contributed by atoms with van der Waals surface area (Å²) in [5, 5.41) is 0. The fourth-order valence-corrected chi connectivity index (χ4v) is 4.50. The Hall–Kier alpha value is -0.380. The van der Waals surface area contributed by atoms with Gasteiger partial charge in [-0.05, 0) is 51.1 Å². The summed E-state index contributed by atoms with van der Waals surface area (Å²) < 4.78 is 12.3. The maximum absolute atomic E-state index is 6.29. The number of likely N-dealkylation sites (tertiary alicyclic amines) is 1. The minimum absolute atomic E-state index is 0.00846. The Kier molecular flexibility index (Phi) is 5.03. The summed E-state index contributed by atoms with van der Waals surface area (Å²) in [6, 6.07) is 0. The highest BCUT2D eigenvalue weighted by molar-refractivity contribution is 5.09. The first kappa shape index (κ1) is 15.5. The molecule has 3 aliphatic rings. The number of piperidine rings is 1. The van der Waals surface area contributed by atoms with E-state index >= 15 is 0 Å². The lowest BCUT2D eigenvalue weighted by molar-refractivity contribution is -0.123. The van der Waals surface area contributed by atoms with Crippen LogP contribution in [0, 0.1) is 17.8 Å². The first-order valence-corrected chi connectivity index (χ1v) is 8.80. The van der Waals surface area contributed by atoms with Crippen molar-refractivity contribution in [2.24, 2.45) is 17.8 Å². The molecule has 3 nitrogen and oxygen atoms in total. The van der Waals surface area contributed by atoms with E-state index in [1.54, 1.807) is 0 Å². The van der Waals surface area contributed by atoms with Gasteiger partial charge in [-0.1, -0.05) is 31.9 Å². The molecule has 2 fully saturated rings. The zero-order chi connectivity index (χ0) is 14.8. The molecule has 0 aromatic rings. The number of hydrogen-bond donors (Lipinski definition) is 0. The second-order valence-electron chi connectivity index (χ2n) is 7.45. The van der Waals surface area contributed by atoms with Gasteiger partial charge in [0.2, 0.25) is 0 Å². The van der Waals surface area contributed by atoms with Gasteiger partial charge >= 0.3 is 0 Å². The van der Waals surface area contributed by atoms with Crippen LogP contribution < -0.4 is 0 Å². The molecule has 120 valence electrons. The van der Waals surface area contributed by atoms with E-state index in [0.29, 0.717) is 17.8 Å². The molecule has 5 atom stereocenters. The summed E-state index contributed by atoms with van der Waals surface area (Å²) in [5.41, 5.74) is 1.52. The van der Waals surface area contributed by atoms with Crippen molar-refractivity contribution in [2.75, 3.05) is 26.2 Å². The second kappa shape index (κ2) is 6.80. The van der Waals surface area contributed by atoms with Gasteiger partial charge in [0, 0.05) is 12.5 Å². The third kappa shape index (κ3) is 3.69. The molecule has 0 unspecified atom stereocenters. The van der Waals surface area contributed by atoms with Gasteiger partial charge in [0.25, 0.3) is 0 Å². The van der Waals surface area contributed by atoms with Crippen LogP contribution in [-0.4, -0.2) is 43.5 Å². The summed E-state index contributed by atoms with van der Waals surface area (Å²) in [4.78, 5) is 2.55. The van der Waals surface area contributed by atoms with Gasteiger partial charge in [0.05, 0.1) is 12.7 Å². The molecule has 0 saturated carbocycles. The summed E-state index contributed by atoms with van der Waals surface area (Å²) >= 11 is 0. The molecule has 0 spiro atoms. The molecule has 2 aliphatic heterocycles. The normalized spacial score (nSPS) is 42.0. The maximum Gasteiger partial charge on any atom is 0.161 e. The number of nitrogens with zero attached hydrogens (tertiary/aromatic N) is 1. The Morgan fingerprint density at radius 1 is 1.19 bits per heavy atom. The largest absolute Gasteiger partial charge is 0.350 e. The lowest BCUT2D eigenvalue weighted by atomic mass is 9.74. The average Bonchev–Trinajstić information content (AvgIpc) is 2.87. The minimum atomic E-state index is 0.00846. The molecule has 0 N–H and O–H groups in total. The van der Waals surface area contributed by atoms with E-state index in [1.165, 1.54) is 44.3 Å². The lowest BCUT2D eigenvalue weighted by Gasteiger charge is -2.36. The van der Waals surface area contributed by atoms with Gasteiger partial charge in [-0.15, -0.1) is 0 Å². The number of hydrogen-bond acceptors (Lipinski definition) is 3. The van der Waals surface area contributed by atoms with Crippen LogP contribution in [0.2, 0.25) is 0 Å². The molecule has 0 aromatic carbocycles. The van der Waals surface area contributed by atoms with E-state index in [2.05, 4.69) is 31.7 Å². The molecule has 0 radical (unpaired) electrons. The molecular weight excluding hydrogens is 262 g/mol. The van der Waals surface area contributed by atoms with Crippen molar-refractivity contribution in [2.45, 2.75) is 58.8 Å². The minimum Gasteiger partial charge on any atom is -0.350 e. The highest BCUT2D eigenvalue weighted by Gasteiger charge is 2.40. The van der Waals surface area contributed by atoms with Crippen molar-refractivity contribution in [3.05, 3.63) is 11.6 Å². The number of rotatable bonds is 3. The van der Waals surface area contributed by atoms with E-state index in [1.807, 2.05) is 0 Å². The van der Waals surface area contributed by atoms with E-state index < -0.39 is 0 Å². The molecule has 3 rings (SSSR count). The van der Waals surface area contributed by atoms with Crippen LogP contribution in [-0.2, 0) is 9.47 Å². The Balaban J connectivity index is 1.54. The van der Waals surface area contributed by atoms with Gasteiger partial charge < -0.3 is 14.4 Å². The van der Waals surface area contributed by atoms with E-state index in [0.717, 1.165) is 13.2 Å². The highest BCUT2D eigenvalue weighted by atomic mass is 16.7. The third-order valence-electron chi connectivity index (χ3n) is 5.45. The van der Waals surface area contributed by atoms with Crippen LogP contribution in [0.3, 0.4) is 0 Å². The van der Waals surface area contributed by atoms with Crippen molar-refractivity contribution in [1.29, 1.82) is 0 Å². The van der Waals surface area contributed by atoms with Gasteiger partial charge in [-0.25, -0.2) is 0 Å². The van der Waals surface area contributed by atoms with Crippen molar-refractivity contribution >= 4 is 0 Å². The van der Waals surface area contributed by atoms with Crippen molar-refractivity contribution < 1.29 is 9.47 Å². The first-order chi connectivity index (χ1) is 10.1. The summed E-state index contributed by atoms with van der Waals surface area (Å²) in [5.74, 6) is 1.73. The molecule has 0 bridgehead atoms. The maximum atomic E-state index is 6.29. The Bertz CT molecular complexity index is 375. The molecule has 2 heterocycles. The molecule has 1 aliphatic carbocycles. The van der Waals surface area contributed by atoms with Crippen LogP contribution in [0.25, 0.3) is 0 Å². The predicted octanol–water partition coefficient (Wildman–Crippen LogP) is 3.45.